The fourth-order valence-electron chi connectivity index (χ4n) is 2.62. The Bertz CT molecular complexity index is 909. The van der Waals surface area contributed by atoms with Crippen LogP contribution in [0.4, 0.5) is 0 Å². The van der Waals surface area contributed by atoms with Crippen LogP contribution in [0.1, 0.15) is 6.42 Å². The highest BCUT2D eigenvalue weighted by Crippen LogP contribution is 2.26. The first-order valence-corrected chi connectivity index (χ1v) is 9.80. The number of carbonyl (C=O) groups is 1. The molecule has 3 rings (SSSR count). The Morgan fingerprint density at radius 2 is 1.70 bits per heavy atom. The summed E-state index contributed by atoms with van der Waals surface area (Å²) in [6.07, 6.45) is 0.108. The maximum absolute atomic E-state index is 12.6. The molecule has 27 heavy (non-hydrogen) atoms. The van der Waals surface area contributed by atoms with Crippen LogP contribution in [0.5, 0.6) is 11.5 Å². The van der Waals surface area contributed by atoms with Gasteiger partial charge in [-0.25, -0.2) is 13.9 Å². The van der Waals surface area contributed by atoms with Gasteiger partial charge >= 0.3 is 0 Å². The van der Waals surface area contributed by atoms with Crippen LogP contribution in [0.2, 0.25) is 5.02 Å². The van der Waals surface area contributed by atoms with Gasteiger partial charge in [0.25, 0.3) is 5.91 Å². The molecule has 10 heteroatoms. The molecule has 2 aromatic carbocycles. The average Bonchev–Trinajstić information content (AvgIpc) is 3.12. The van der Waals surface area contributed by atoms with E-state index in [0.717, 1.165) is 0 Å². The van der Waals surface area contributed by atoms with Crippen molar-refractivity contribution in [2.75, 3.05) is 13.2 Å². The lowest BCUT2D eigenvalue weighted by Gasteiger charge is -2.25. The molecular formula is C17H17ClN2O6S. The van der Waals surface area contributed by atoms with Gasteiger partial charge < -0.3 is 9.47 Å². The van der Waals surface area contributed by atoms with Gasteiger partial charge in [0, 0.05) is 18.1 Å². The second kappa shape index (κ2) is 7.83. The van der Waals surface area contributed by atoms with Crippen molar-refractivity contribution < 1.29 is 27.9 Å². The summed E-state index contributed by atoms with van der Waals surface area (Å²) in [6, 6.07) is 12.4. The van der Waals surface area contributed by atoms with Crippen LogP contribution in [-0.2, 0) is 19.6 Å². The molecule has 1 saturated heterocycles. The molecule has 1 heterocycles. The van der Waals surface area contributed by atoms with Crippen LogP contribution in [0.15, 0.2) is 53.4 Å². The van der Waals surface area contributed by atoms with Crippen molar-refractivity contribution in [1.82, 2.24) is 10.2 Å². The first-order valence-electron chi connectivity index (χ1n) is 7.94. The summed E-state index contributed by atoms with van der Waals surface area (Å²) in [5.74, 6) is 0.115. The fourth-order valence-corrected chi connectivity index (χ4v) is 4.13. The van der Waals surface area contributed by atoms with E-state index >= 15 is 0 Å². The van der Waals surface area contributed by atoms with Gasteiger partial charge in [0.1, 0.15) is 17.0 Å². The van der Waals surface area contributed by atoms with Crippen LogP contribution in [0.25, 0.3) is 0 Å². The average molecular weight is 413 g/mol. The number of carbonyl (C=O) groups excluding carboxylic acids is 1. The van der Waals surface area contributed by atoms with Gasteiger partial charge in [-0.3, -0.25) is 10.0 Å². The SMILES string of the molecule is O=C(NO)[C@]1(NS(=O)(=O)c2ccc(Oc3ccc(Cl)cc3)cc2)CCOC1. The first-order chi connectivity index (χ1) is 12.8. The van der Waals surface area contributed by atoms with Gasteiger partial charge in [0.2, 0.25) is 10.0 Å². The molecule has 1 fully saturated rings. The van der Waals surface area contributed by atoms with E-state index in [1.54, 1.807) is 24.3 Å². The highest BCUT2D eigenvalue weighted by Gasteiger charge is 2.45. The summed E-state index contributed by atoms with van der Waals surface area (Å²) in [6.45, 7) is 0.0280. The van der Waals surface area contributed by atoms with Crippen molar-refractivity contribution in [3.63, 3.8) is 0 Å². The predicted molar refractivity (Wildman–Crippen MR) is 96.4 cm³/mol. The summed E-state index contributed by atoms with van der Waals surface area (Å²) < 4.78 is 38.4. The number of ether oxygens (including phenoxy) is 2. The van der Waals surface area contributed by atoms with Crippen molar-refractivity contribution >= 4 is 27.5 Å². The van der Waals surface area contributed by atoms with Crippen molar-refractivity contribution in [3.05, 3.63) is 53.6 Å². The number of hydrogen-bond donors (Lipinski definition) is 3. The molecule has 1 aliphatic rings. The van der Waals surface area contributed by atoms with Gasteiger partial charge in [0.05, 0.1) is 11.5 Å². The maximum Gasteiger partial charge on any atom is 0.267 e. The van der Waals surface area contributed by atoms with Crippen molar-refractivity contribution in [2.45, 2.75) is 16.9 Å². The minimum Gasteiger partial charge on any atom is -0.457 e. The molecule has 1 aliphatic heterocycles. The minimum atomic E-state index is -4.03. The third-order valence-electron chi connectivity index (χ3n) is 4.07. The second-order valence-corrected chi connectivity index (χ2v) is 8.08. The summed E-state index contributed by atoms with van der Waals surface area (Å²) >= 11 is 5.82. The second-order valence-electron chi connectivity index (χ2n) is 5.96. The zero-order chi connectivity index (χ0) is 19.5. The van der Waals surface area contributed by atoms with E-state index in [-0.39, 0.29) is 24.5 Å². The topological polar surface area (TPSA) is 114 Å². The van der Waals surface area contributed by atoms with E-state index < -0.39 is 21.5 Å². The van der Waals surface area contributed by atoms with Gasteiger partial charge in [-0.05, 0) is 48.5 Å². The Balaban J connectivity index is 1.77. The van der Waals surface area contributed by atoms with Gasteiger partial charge in [-0.1, -0.05) is 11.6 Å². The summed E-state index contributed by atoms with van der Waals surface area (Å²) in [4.78, 5) is 11.9. The summed E-state index contributed by atoms with van der Waals surface area (Å²) in [5.41, 5.74) is -0.0627. The first kappa shape index (κ1) is 19.6. The van der Waals surface area contributed by atoms with E-state index in [2.05, 4.69) is 4.72 Å². The molecule has 144 valence electrons. The number of hydroxylamine groups is 1. The lowest BCUT2D eigenvalue weighted by molar-refractivity contribution is -0.135. The van der Waals surface area contributed by atoms with Gasteiger partial charge in [-0.2, -0.15) is 4.72 Å². The number of benzene rings is 2. The summed E-state index contributed by atoms with van der Waals surface area (Å²) in [7, 11) is -4.03. The van der Waals surface area contributed by atoms with Crippen LogP contribution in [0.3, 0.4) is 0 Å². The van der Waals surface area contributed by atoms with Gasteiger partial charge in [0.15, 0.2) is 0 Å². The van der Waals surface area contributed by atoms with E-state index in [1.807, 2.05) is 0 Å². The lowest BCUT2D eigenvalue weighted by atomic mass is 10.00. The monoisotopic (exact) mass is 412 g/mol. The molecule has 0 bridgehead atoms. The Morgan fingerprint density at radius 3 is 2.22 bits per heavy atom. The van der Waals surface area contributed by atoms with Gasteiger partial charge in [-0.15, -0.1) is 0 Å². The minimum absolute atomic E-state index is 0.0528. The molecule has 8 nitrogen and oxygen atoms in total. The number of halogens is 1. The number of hydrogen-bond acceptors (Lipinski definition) is 6. The van der Waals surface area contributed by atoms with Crippen LogP contribution >= 0.6 is 11.6 Å². The normalized spacial score (nSPS) is 19.6. The van der Waals surface area contributed by atoms with Crippen molar-refractivity contribution in [2.24, 2.45) is 0 Å². The lowest BCUT2D eigenvalue weighted by Crippen LogP contribution is -2.58. The molecule has 2 aromatic rings. The third kappa shape index (κ3) is 4.40. The van der Waals surface area contributed by atoms with Crippen molar-refractivity contribution in [3.8, 4) is 11.5 Å². The van der Waals surface area contributed by atoms with E-state index in [9.17, 15) is 13.2 Å². The third-order valence-corrected chi connectivity index (χ3v) is 5.88. The standard InChI is InChI=1S/C17H17ClN2O6S/c18-12-1-3-13(4-2-12)26-14-5-7-15(8-6-14)27(23,24)20-17(16(21)19-22)9-10-25-11-17/h1-8,20,22H,9-11H2,(H,19,21)/t17-/m0/s1. The van der Waals surface area contributed by atoms with E-state index in [4.69, 9.17) is 26.3 Å². The number of rotatable bonds is 6. The molecule has 0 saturated carbocycles. The van der Waals surface area contributed by atoms with Crippen molar-refractivity contribution in [1.29, 1.82) is 0 Å². The molecule has 0 spiro atoms. The zero-order valence-electron chi connectivity index (χ0n) is 14.0. The van der Waals surface area contributed by atoms with E-state index in [0.29, 0.717) is 16.5 Å². The predicted octanol–water partition coefficient (Wildman–Crippen LogP) is 2.08. The summed E-state index contributed by atoms with van der Waals surface area (Å²) in [5, 5.41) is 9.48. The number of amides is 1. The highest BCUT2D eigenvalue weighted by atomic mass is 35.5. The maximum atomic E-state index is 12.6. The largest absolute Gasteiger partial charge is 0.457 e. The number of nitrogens with one attached hydrogen (secondary N) is 2. The quantitative estimate of drug-likeness (QED) is 0.494. The molecule has 0 aliphatic carbocycles. The molecule has 1 atom stereocenters. The van der Waals surface area contributed by atoms with Crippen LogP contribution < -0.4 is 14.9 Å². The molecule has 1 amide bonds. The Labute approximate surface area is 161 Å². The Kier molecular flexibility index (Phi) is 5.68. The van der Waals surface area contributed by atoms with Crippen LogP contribution in [0, 0.1) is 0 Å². The molecule has 0 aromatic heterocycles. The highest BCUT2D eigenvalue weighted by molar-refractivity contribution is 7.89. The molecule has 0 unspecified atom stereocenters. The zero-order valence-corrected chi connectivity index (χ0v) is 15.6. The van der Waals surface area contributed by atoms with Crippen LogP contribution in [-0.4, -0.2) is 38.3 Å². The Hall–Kier alpha value is -2.17. The Morgan fingerprint density at radius 1 is 1.11 bits per heavy atom. The van der Waals surface area contributed by atoms with E-state index in [1.165, 1.54) is 29.7 Å². The fraction of sp³-hybridized carbons (Fsp3) is 0.235. The molecular weight excluding hydrogens is 396 g/mol. The molecule has 0 radical (unpaired) electrons. The smallest absolute Gasteiger partial charge is 0.267 e. The molecule has 3 N–H and O–H groups in total. The number of sulfonamides is 1.